The van der Waals surface area contributed by atoms with Gasteiger partial charge in [-0.05, 0) is 86.4 Å². The molecule has 3 aromatic heterocycles. The van der Waals surface area contributed by atoms with Crippen LogP contribution >= 0.6 is 0 Å². The van der Waals surface area contributed by atoms with Crippen molar-refractivity contribution in [3.63, 3.8) is 0 Å². The van der Waals surface area contributed by atoms with Crippen molar-refractivity contribution in [2.45, 2.75) is 20.3 Å². The Balaban J connectivity index is 0.000000170. The van der Waals surface area contributed by atoms with Crippen LogP contribution in [0.2, 0.25) is 0 Å². The summed E-state index contributed by atoms with van der Waals surface area (Å²) in [6, 6.07) is 59.3. The summed E-state index contributed by atoms with van der Waals surface area (Å²) >= 11 is 0. The zero-order valence-corrected chi connectivity index (χ0v) is 32.4. The number of benzene rings is 7. The van der Waals surface area contributed by atoms with Gasteiger partial charge in [0.15, 0.2) is 0 Å². The predicted octanol–water partition coefficient (Wildman–Crippen LogP) is 12.2. The predicted molar refractivity (Wildman–Crippen MR) is 220 cm³/mol. The second-order valence-electron chi connectivity index (χ2n) is 13.9. The zero-order valence-electron chi connectivity index (χ0n) is 30.0. The van der Waals surface area contributed by atoms with E-state index >= 15 is 0 Å². The minimum atomic E-state index is 0. The van der Waals surface area contributed by atoms with Gasteiger partial charge >= 0.3 is 0 Å². The van der Waals surface area contributed by atoms with Gasteiger partial charge in [-0.2, -0.15) is 0 Å². The molecule has 5 heteroatoms. The van der Waals surface area contributed by atoms with E-state index in [0.29, 0.717) is 11.7 Å². The van der Waals surface area contributed by atoms with Gasteiger partial charge in [0.05, 0.1) is 11.3 Å². The molecule has 1 radical (unpaired) electrons. The molecule has 0 aliphatic carbocycles. The molecule has 0 atom stereocenters. The van der Waals surface area contributed by atoms with Gasteiger partial charge in [0.25, 0.3) is 0 Å². The minimum absolute atomic E-state index is 0. The Bertz CT molecular complexity index is 2900. The van der Waals surface area contributed by atoms with Crippen LogP contribution in [-0.4, -0.2) is 19.5 Å². The first-order valence-corrected chi connectivity index (χ1v) is 18.1. The molecule has 3 heterocycles. The summed E-state index contributed by atoms with van der Waals surface area (Å²) < 4.78 is 2.30. The number of rotatable bonds is 5. The maximum absolute atomic E-state index is 4.91. The fraction of sp³-hybridized carbons (Fsp3) is 0.0816. The van der Waals surface area contributed by atoms with Crippen molar-refractivity contribution in [2.75, 3.05) is 0 Å². The largest absolute Gasteiger partial charge is 0.328 e. The molecule has 263 valence electrons. The van der Waals surface area contributed by atoms with Gasteiger partial charge < -0.3 is 9.55 Å². The maximum atomic E-state index is 4.91. The first-order chi connectivity index (χ1) is 26.1. The molecule has 0 amide bonds. The van der Waals surface area contributed by atoms with Crippen molar-refractivity contribution < 1.29 is 20.1 Å². The first kappa shape index (κ1) is 35.1. The molecule has 54 heavy (non-hydrogen) atoms. The number of pyridine rings is 1. The molecule has 0 saturated carbocycles. The number of hydrogen-bond donors (Lipinski definition) is 0. The fourth-order valence-corrected chi connectivity index (χ4v) is 7.23. The van der Waals surface area contributed by atoms with Gasteiger partial charge in [0.2, 0.25) is 0 Å². The van der Waals surface area contributed by atoms with Crippen LogP contribution in [0.1, 0.15) is 19.4 Å². The summed E-state index contributed by atoms with van der Waals surface area (Å²) in [5.74, 6) is 1.36. The molecule has 0 N–H and O–H groups in total. The molecule has 10 rings (SSSR count). The van der Waals surface area contributed by atoms with E-state index < -0.39 is 0 Å². The minimum Gasteiger partial charge on any atom is -0.328 e. The molecule has 0 saturated heterocycles. The standard InChI is InChI=1S/C30H18N3.C19H18N.Ir/c1-2-10-24(11-3-1)33-28-13-7-6-12-25(28)26-15-14-22(18-29(26)33)30-31-19-23-16-20-8-4-5-9-21(20)17-27(23)32-30;1-14(2)10-15-8-9-17-13-20-19(12-18(17)11-15)16-6-4-3-5-7-16;/h1-13,15-19H;3-6,8-9,11-14H,10H2,1-2H3;/q2*-1;. The first-order valence-electron chi connectivity index (χ1n) is 18.1. The Morgan fingerprint density at radius 2 is 1.33 bits per heavy atom. The van der Waals surface area contributed by atoms with Crippen LogP contribution in [0, 0.1) is 18.1 Å². The Morgan fingerprint density at radius 1 is 0.574 bits per heavy atom. The number of nitrogens with zero attached hydrogens (tertiary/aromatic N) is 4. The van der Waals surface area contributed by atoms with E-state index in [2.05, 4.69) is 157 Å². The number of aromatic nitrogens is 4. The Morgan fingerprint density at radius 3 is 2.15 bits per heavy atom. The SMILES string of the molecule is CC(C)Cc1ccc2cnc(-c3[c-]cccc3)cc2c1.[Ir].[c-]1cc2c3ccccc3n(-c3ccccc3)c2cc1-c1ncc2cc3ccccc3cc2n1. The van der Waals surface area contributed by atoms with E-state index in [1.54, 1.807) is 0 Å². The van der Waals surface area contributed by atoms with Crippen molar-refractivity contribution in [2.24, 2.45) is 5.92 Å². The molecular weight excluding hydrogens is 837 g/mol. The monoisotopic (exact) mass is 873 g/mol. The van der Waals surface area contributed by atoms with Gasteiger partial charge in [-0.15, -0.1) is 59.7 Å². The summed E-state index contributed by atoms with van der Waals surface area (Å²) in [7, 11) is 0. The Kier molecular flexibility index (Phi) is 9.84. The summed E-state index contributed by atoms with van der Waals surface area (Å²) in [5.41, 5.74) is 8.68. The van der Waals surface area contributed by atoms with Gasteiger partial charge in [-0.3, -0.25) is 9.97 Å². The van der Waals surface area contributed by atoms with Crippen LogP contribution in [0.4, 0.5) is 0 Å². The van der Waals surface area contributed by atoms with Crippen molar-refractivity contribution in [3.8, 4) is 28.3 Å². The third-order valence-electron chi connectivity index (χ3n) is 9.72. The van der Waals surface area contributed by atoms with E-state index in [4.69, 9.17) is 9.97 Å². The van der Waals surface area contributed by atoms with Crippen LogP contribution in [-0.2, 0) is 26.5 Å². The van der Waals surface area contributed by atoms with Gasteiger partial charge in [-0.25, -0.2) is 0 Å². The van der Waals surface area contributed by atoms with Gasteiger partial charge in [-0.1, -0.05) is 104 Å². The molecule has 0 aliphatic rings. The van der Waals surface area contributed by atoms with E-state index in [1.165, 1.54) is 43.4 Å². The molecule has 7 aromatic carbocycles. The quantitative estimate of drug-likeness (QED) is 0.128. The van der Waals surface area contributed by atoms with E-state index in [9.17, 15) is 0 Å². The average molecular weight is 873 g/mol. The summed E-state index contributed by atoms with van der Waals surface area (Å²) in [6.07, 6.45) is 4.98. The second-order valence-corrected chi connectivity index (χ2v) is 13.9. The van der Waals surface area contributed by atoms with E-state index in [-0.39, 0.29) is 20.1 Å². The van der Waals surface area contributed by atoms with Crippen molar-refractivity contribution in [1.29, 1.82) is 0 Å². The maximum Gasteiger partial charge on any atom is 0.0756 e. The third-order valence-corrected chi connectivity index (χ3v) is 9.72. The summed E-state index contributed by atoms with van der Waals surface area (Å²) in [6.45, 7) is 4.50. The topological polar surface area (TPSA) is 43.6 Å². The molecule has 0 fully saturated rings. The molecule has 0 unspecified atom stereocenters. The molecule has 0 aliphatic heterocycles. The van der Waals surface area contributed by atoms with Crippen LogP contribution < -0.4 is 0 Å². The van der Waals surface area contributed by atoms with Crippen LogP contribution in [0.25, 0.3) is 82.6 Å². The average Bonchev–Trinajstić information content (AvgIpc) is 3.54. The Labute approximate surface area is 328 Å². The van der Waals surface area contributed by atoms with Crippen molar-refractivity contribution in [3.05, 3.63) is 182 Å². The van der Waals surface area contributed by atoms with Crippen LogP contribution in [0.3, 0.4) is 0 Å². The van der Waals surface area contributed by atoms with Gasteiger partial charge in [0, 0.05) is 49.1 Å². The second kappa shape index (κ2) is 15.2. The number of para-hydroxylation sites is 2. The number of hydrogen-bond acceptors (Lipinski definition) is 3. The molecule has 0 bridgehead atoms. The van der Waals surface area contributed by atoms with E-state index in [1.807, 2.05) is 42.7 Å². The third kappa shape index (κ3) is 6.92. The van der Waals surface area contributed by atoms with Crippen molar-refractivity contribution >= 4 is 54.3 Å². The van der Waals surface area contributed by atoms with Crippen LogP contribution in [0.15, 0.2) is 164 Å². The van der Waals surface area contributed by atoms with Crippen molar-refractivity contribution in [1.82, 2.24) is 19.5 Å². The molecule has 4 nitrogen and oxygen atoms in total. The van der Waals surface area contributed by atoms with Gasteiger partial charge in [0.1, 0.15) is 0 Å². The molecule has 0 spiro atoms. The van der Waals surface area contributed by atoms with E-state index in [0.717, 1.165) is 45.3 Å². The Hall–Kier alpha value is -6.00. The fourth-order valence-electron chi connectivity index (χ4n) is 7.23. The summed E-state index contributed by atoms with van der Waals surface area (Å²) in [4.78, 5) is 14.1. The normalized spacial score (nSPS) is 11.2. The van der Waals surface area contributed by atoms with Crippen LogP contribution in [0.5, 0.6) is 0 Å². The molecule has 10 aromatic rings. The number of fused-ring (bicyclic) bond motifs is 6. The smallest absolute Gasteiger partial charge is 0.0756 e. The molecular formula is C49H36IrN4-2. The zero-order chi connectivity index (χ0) is 35.7. The summed E-state index contributed by atoms with van der Waals surface area (Å²) in [5, 5.41) is 8.24.